The number of rotatable bonds is 2. The molecule has 0 radical (unpaired) electrons. The van der Waals surface area contributed by atoms with Gasteiger partial charge in [-0.05, 0) is 18.3 Å². The van der Waals surface area contributed by atoms with Crippen LogP contribution in [0.4, 0.5) is 0 Å². The van der Waals surface area contributed by atoms with Crippen molar-refractivity contribution in [1.82, 2.24) is 5.43 Å². The number of hydrazine groups is 1. The summed E-state index contributed by atoms with van der Waals surface area (Å²) in [5.41, 5.74) is 2.66. The van der Waals surface area contributed by atoms with Crippen LogP contribution in [0, 0.1) is 11.8 Å². The number of nitrogens with two attached hydrogens (primary N) is 1. The highest BCUT2D eigenvalue weighted by Crippen LogP contribution is 2.36. The van der Waals surface area contributed by atoms with Gasteiger partial charge in [-0.2, -0.15) is 0 Å². The van der Waals surface area contributed by atoms with Crippen LogP contribution in [0.2, 0.25) is 0 Å². The normalized spacial score (nSPS) is 33.8. The van der Waals surface area contributed by atoms with Crippen molar-refractivity contribution in [1.29, 1.82) is 0 Å². The largest absolute Gasteiger partial charge is 0.271 e. The third-order valence-electron chi connectivity index (χ3n) is 1.66. The Kier molecular flexibility index (Phi) is 3.36. The van der Waals surface area contributed by atoms with Crippen molar-refractivity contribution in [3.05, 3.63) is 0 Å². The molecule has 0 saturated heterocycles. The second kappa shape index (κ2) is 3.28. The van der Waals surface area contributed by atoms with Crippen molar-refractivity contribution in [2.75, 3.05) is 6.54 Å². The smallest absolute Gasteiger partial charge is 0.0128 e. The second-order valence-electron chi connectivity index (χ2n) is 2.38. The van der Waals surface area contributed by atoms with E-state index in [2.05, 4.69) is 12.3 Å². The molecule has 3 heteroatoms. The van der Waals surface area contributed by atoms with Gasteiger partial charge in [0.15, 0.2) is 0 Å². The third kappa shape index (κ3) is 1.99. The Labute approximate surface area is 56.2 Å². The lowest BCUT2D eigenvalue weighted by molar-refractivity contribution is 0.636. The second-order valence-corrected chi connectivity index (χ2v) is 2.38. The van der Waals surface area contributed by atoms with E-state index in [1.165, 1.54) is 6.42 Å². The highest BCUT2D eigenvalue weighted by molar-refractivity contribution is 5.85. The Bertz CT molecular complexity index is 67.4. The summed E-state index contributed by atoms with van der Waals surface area (Å²) in [6.07, 6.45) is 1.37. The van der Waals surface area contributed by atoms with Crippen molar-refractivity contribution < 1.29 is 0 Å². The SMILES string of the molecule is CC1CC1CNN.Cl. The van der Waals surface area contributed by atoms with Crippen LogP contribution in [-0.4, -0.2) is 6.54 Å². The van der Waals surface area contributed by atoms with Gasteiger partial charge in [-0.25, -0.2) is 0 Å². The van der Waals surface area contributed by atoms with Crippen molar-refractivity contribution in [2.24, 2.45) is 17.7 Å². The van der Waals surface area contributed by atoms with E-state index < -0.39 is 0 Å². The van der Waals surface area contributed by atoms with Crippen LogP contribution in [0.5, 0.6) is 0 Å². The van der Waals surface area contributed by atoms with Gasteiger partial charge in [0.1, 0.15) is 0 Å². The van der Waals surface area contributed by atoms with Crippen LogP contribution in [0.3, 0.4) is 0 Å². The van der Waals surface area contributed by atoms with Crippen molar-refractivity contribution >= 4 is 12.4 Å². The monoisotopic (exact) mass is 136 g/mol. The first kappa shape index (κ1) is 8.21. The van der Waals surface area contributed by atoms with Crippen molar-refractivity contribution in [3.63, 3.8) is 0 Å². The predicted octanol–water partition coefficient (Wildman–Crippen LogP) is 0.528. The molecule has 1 rings (SSSR count). The molecule has 8 heavy (non-hydrogen) atoms. The fourth-order valence-corrected chi connectivity index (χ4v) is 0.835. The minimum absolute atomic E-state index is 0. The first-order valence-electron chi connectivity index (χ1n) is 2.78. The Morgan fingerprint density at radius 2 is 2.25 bits per heavy atom. The predicted molar refractivity (Wildman–Crippen MR) is 36.7 cm³/mol. The van der Waals surface area contributed by atoms with Crippen LogP contribution in [0.25, 0.3) is 0 Å². The van der Waals surface area contributed by atoms with Crippen LogP contribution < -0.4 is 11.3 Å². The molecule has 2 atom stereocenters. The van der Waals surface area contributed by atoms with Crippen LogP contribution >= 0.6 is 12.4 Å². The van der Waals surface area contributed by atoms with Gasteiger partial charge < -0.3 is 0 Å². The number of hydrogen-bond donors (Lipinski definition) is 2. The van der Waals surface area contributed by atoms with Crippen molar-refractivity contribution in [3.8, 4) is 0 Å². The van der Waals surface area contributed by atoms with E-state index >= 15 is 0 Å². The molecular formula is C5H13ClN2. The standard InChI is InChI=1S/C5H12N2.ClH/c1-4-2-5(4)3-7-6;/h4-5,7H,2-3,6H2,1H3;1H. The molecular weight excluding hydrogens is 124 g/mol. The van der Waals surface area contributed by atoms with E-state index in [0.29, 0.717) is 0 Å². The van der Waals surface area contributed by atoms with Gasteiger partial charge >= 0.3 is 0 Å². The van der Waals surface area contributed by atoms with E-state index in [9.17, 15) is 0 Å². The molecule has 0 bridgehead atoms. The first-order valence-corrected chi connectivity index (χ1v) is 2.78. The molecule has 0 aromatic carbocycles. The summed E-state index contributed by atoms with van der Waals surface area (Å²) in [5.74, 6) is 6.89. The average Bonchev–Trinajstić information content (AvgIpc) is 2.22. The molecule has 0 aromatic rings. The molecule has 1 fully saturated rings. The van der Waals surface area contributed by atoms with Crippen molar-refractivity contribution in [2.45, 2.75) is 13.3 Å². The molecule has 0 aliphatic heterocycles. The highest BCUT2D eigenvalue weighted by Gasteiger charge is 2.31. The molecule has 0 heterocycles. The lowest BCUT2D eigenvalue weighted by Gasteiger charge is -1.90. The average molecular weight is 137 g/mol. The van der Waals surface area contributed by atoms with Gasteiger partial charge in [0.05, 0.1) is 0 Å². The van der Waals surface area contributed by atoms with E-state index in [0.717, 1.165) is 18.4 Å². The summed E-state index contributed by atoms with van der Waals surface area (Å²) in [4.78, 5) is 0. The summed E-state index contributed by atoms with van der Waals surface area (Å²) in [7, 11) is 0. The topological polar surface area (TPSA) is 38.0 Å². The third-order valence-corrected chi connectivity index (χ3v) is 1.66. The minimum atomic E-state index is 0. The maximum Gasteiger partial charge on any atom is 0.0128 e. The maximum atomic E-state index is 5.08. The molecule has 1 aliphatic carbocycles. The molecule has 50 valence electrons. The summed E-state index contributed by atoms with van der Waals surface area (Å²) < 4.78 is 0. The van der Waals surface area contributed by atoms with Gasteiger partial charge in [0.25, 0.3) is 0 Å². The van der Waals surface area contributed by atoms with Crippen LogP contribution in [0.15, 0.2) is 0 Å². The lowest BCUT2D eigenvalue weighted by Crippen LogP contribution is -2.24. The molecule has 0 spiro atoms. The van der Waals surface area contributed by atoms with E-state index in [4.69, 9.17) is 5.84 Å². The zero-order valence-corrected chi connectivity index (χ0v) is 5.87. The van der Waals surface area contributed by atoms with Gasteiger partial charge in [0, 0.05) is 6.54 Å². The molecule has 3 N–H and O–H groups in total. The lowest BCUT2D eigenvalue weighted by atomic mass is 10.3. The van der Waals surface area contributed by atoms with Gasteiger partial charge in [-0.15, -0.1) is 12.4 Å². The Hall–Kier alpha value is 0.210. The maximum absolute atomic E-state index is 5.08. The molecule has 0 aromatic heterocycles. The molecule has 0 amide bonds. The quantitative estimate of drug-likeness (QED) is 0.429. The highest BCUT2D eigenvalue weighted by atomic mass is 35.5. The van der Waals surface area contributed by atoms with Crippen LogP contribution in [-0.2, 0) is 0 Å². The fraction of sp³-hybridized carbons (Fsp3) is 1.00. The van der Waals surface area contributed by atoms with Gasteiger partial charge in [0.2, 0.25) is 0 Å². The summed E-state index contributed by atoms with van der Waals surface area (Å²) >= 11 is 0. The number of nitrogens with one attached hydrogen (secondary N) is 1. The molecule has 1 saturated carbocycles. The van der Waals surface area contributed by atoms with Crippen LogP contribution in [0.1, 0.15) is 13.3 Å². The zero-order valence-electron chi connectivity index (χ0n) is 5.05. The van der Waals surface area contributed by atoms with Gasteiger partial charge in [-0.1, -0.05) is 6.92 Å². The fourth-order valence-electron chi connectivity index (χ4n) is 0.835. The molecule has 1 aliphatic rings. The van der Waals surface area contributed by atoms with E-state index in [1.54, 1.807) is 0 Å². The number of hydrogen-bond acceptors (Lipinski definition) is 2. The summed E-state index contributed by atoms with van der Waals surface area (Å²) in [5, 5.41) is 0. The zero-order chi connectivity index (χ0) is 5.28. The molecule has 2 nitrogen and oxygen atoms in total. The Morgan fingerprint density at radius 1 is 1.75 bits per heavy atom. The van der Waals surface area contributed by atoms with Gasteiger partial charge in [-0.3, -0.25) is 11.3 Å². The molecule has 2 unspecified atom stereocenters. The Morgan fingerprint density at radius 3 is 2.38 bits per heavy atom. The van der Waals surface area contributed by atoms with E-state index in [-0.39, 0.29) is 12.4 Å². The Balaban J connectivity index is 0.000000490. The summed E-state index contributed by atoms with van der Waals surface area (Å²) in [6.45, 7) is 3.25. The van der Waals surface area contributed by atoms with E-state index in [1.807, 2.05) is 0 Å². The number of halogens is 1. The summed E-state index contributed by atoms with van der Waals surface area (Å²) in [6, 6.07) is 0. The first-order chi connectivity index (χ1) is 3.34. The minimum Gasteiger partial charge on any atom is -0.271 e.